The van der Waals surface area contributed by atoms with Crippen LogP contribution in [0.4, 0.5) is 11.4 Å². The van der Waals surface area contributed by atoms with Crippen LogP contribution in [0, 0.1) is 0 Å². The first-order chi connectivity index (χ1) is 14.7. The van der Waals surface area contributed by atoms with Gasteiger partial charge in [0.05, 0.1) is 16.6 Å². The van der Waals surface area contributed by atoms with E-state index >= 15 is 0 Å². The molecule has 0 spiro atoms. The zero-order chi connectivity index (χ0) is 20.5. The number of nitrogens with zero attached hydrogens (tertiary/aromatic N) is 2. The number of carbonyl (C=O) groups excluding carboxylic acids is 2. The number of rotatable bonds is 4. The number of anilines is 2. The molecule has 5 rings (SSSR count). The van der Waals surface area contributed by atoms with Crippen molar-refractivity contribution in [1.29, 1.82) is 0 Å². The molecule has 2 amide bonds. The summed E-state index contributed by atoms with van der Waals surface area (Å²) in [4.78, 5) is 30.7. The van der Waals surface area contributed by atoms with E-state index in [4.69, 9.17) is 4.98 Å². The van der Waals surface area contributed by atoms with Crippen molar-refractivity contribution in [2.24, 2.45) is 0 Å². The predicted octanol–water partition coefficient (Wildman–Crippen LogP) is 4.33. The molecular formula is C23H22N4O2S. The molecule has 0 radical (unpaired) electrons. The van der Waals surface area contributed by atoms with Crippen LogP contribution in [0.3, 0.4) is 0 Å². The summed E-state index contributed by atoms with van der Waals surface area (Å²) in [5, 5.41) is 5.38. The van der Waals surface area contributed by atoms with Gasteiger partial charge in [-0.3, -0.25) is 9.59 Å². The summed E-state index contributed by atoms with van der Waals surface area (Å²) < 4.78 is 2.22. The molecule has 1 aromatic heterocycles. The summed E-state index contributed by atoms with van der Waals surface area (Å²) in [5.74, 6) is 0.820. The molecule has 30 heavy (non-hydrogen) atoms. The molecular weight excluding hydrogens is 396 g/mol. The Kier molecular flexibility index (Phi) is 5.04. The van der Waals surface area contributed by atoms with Crippen molar-refractivity contribution in [3.63, 3.8) is 0 Å². The third kappa shape index (κ3) is 3.85. The number of aromatic nitrogens is 2. The maximum Gasteiger partial charge on any atom is 0.238 e. The highest BCUT2D eigenvalue weighted by Crippen LogP contribution is 2.36. The second-order valence-electron chi connectivity index (χ2n) is 7.62. The molecule has 2 aliphatic heterocycles. The van der Waals surface area contributed by atoms with Gasteiger partial charge in [0.25, 0.3) is 0 Å². The number of imidazole rings is 1. The molecule has 0 aliphatic carbocycles. The molecule has 0 bridgehead atoms. The summed E-state index contributed by atoms with van der Waals surface area (Å²) in [6.07, 6.45) is 5.60. The van der Waals surface area contributed by atoms with E-state index in [0.29, 0.717) is 5.69 Å². The third-order valence-corrected chi connectivity index (χ3v) is 6.70. The molecule has 0 saturated heterocycles. The first-order valence-electron chi connectivity index (χ1n) is 10.2. The van der Waals surface area contributed by atoms with Crippen molar-refractivity contribution >= 4 is 35.0 Å². The van der Waals surface area contributed by atoms with Crippen LogP contribution >= 0.6 is 11.8 Å². The lowest BCUT2D eigenvalue weighted by Gasteiger charge is -2.23. The fourth-order valence-corrected chi connectivity index (χ4v) is 5.03. The molecule has 2 aliphatic rings. The first-order valence-corrected chi connectivity index (χ1v) is 11.1. The van der Waals surface area contributed by atoms with Gasteiger partial charge in [-0.15, -0.1) is 11.8 Å². The number of carbonyl (C=O) groups is 2. The van der Waals surface area contributed by atoms with E-state index in [0.717, 1.165) is 40.6 Å². The molecule has 3 aromatic rings. The highest BCUT2D eigenvalue weighted by Gasteiger charge is 2.28. The number of hydrogen-bond donors (Lipinski definition) is 2. The Morgan fingerprint density at radius 3 is 3.00 bits per heavy atom. The zero-order valence-corrected chi connectivity index (χ0v) is 17.2. The fourth-order valence-electron chi connectivity index (χ4n) is 3.92. The van der Waals surface area contributed by atoms with Gasteiger partial charge < -0.3 is 15.2 Å². The van der Waals surface area contributed by atoms with Crippen LogP contribution in [-0.4, -0.2) is 26.6 Å². The summed E-state index contributed by atoms with van der Waals surface area (Å²) >= 11 is 1.43. The number of benzene rings is 2. The molecule has 3 heterocycles. The minimum Gasteiger partial charge on any atom is -0.334 e. The molecule has 0 saturated carbocycles. The first kappa shape index (κ1) is 18.9. The molecule has 0 fully saturated rings. The van der Waals surface area contributed by atoms with Gasteiger partial charge >= 0.3 is 0 Å². The smallest absolute Gasteiger partial charge is 0.238 e. The van der Waals surface area contributed by atoms with Gasteiger partial charge in [0.15, 0.2) is 0 Å². The van der Waals surface area contributed by atoms with Crippen molar-refractivity contribution in [2.75, 3.05) is 10.6 Å². The Bertz CT molecular complexity index is 1100. The Morgan fingerprint density at radius 1 is 1.20 bits per heavy atom. The Morgan fingerprint density at radius 2 is 2.10 bits per heavy atom. The largest absolute Gasteiger partial charge is 0.334 e. The lowest BCUT2D eigenvalue weighted by atomic mass is 10.1. The number of amides is 2. The second-order valence-corrected chi connectivity index (χ2v) is 8.86. The number of hydrogen-bond acceptors (Lipinski definition) is 4. The maximum absolute atomic E-state index is 12.6. The Balaban J connectivity index is 1.27. The van der Waals surface area contributed by atoms with E-state index in [1.165, 1.54) is 24.6 Å². The maximum atomic E-state index is 12.6. The van der Waals surface area contributed by atoms with Crippen LogP contribution in [0.5, 0.6) is 0 Å². The Hall–Kier alpha value is -3.06. The van der Waals surface area contributed by atoms with Crippen LogP contribution in [0.15, 0.2) is 59.6 Å². The topological polar surface area (TPSA) is 76.0 Å². The SMILES string of the molecule is O=C(CC1Sc2ccccc2NC1=O)Nc1cccc(-c2cn3c(n2)CCCC3)c1. The van der Waals surface area contributed by atoms with Gasteiger partial charge in [0, 0.05) is 41.7 Å². The van der Waals surface area contributed by atoms with Gasteiger partial charge in [-0.25, -0.2) is 4.98 Å². The molecule has 6 nitrogen and oxygen atoms in total. The van der Waals surface area contributed by atoms with Gasteiger partial charge in [0.1, 0.15) is 5.82 Å². The van der Waals surface area contributed by atoms with Gasteiger partial charge in [-0.2, -0.15) is 0 Å². The summed E-state index contributed by atoms with van der Waals surface area (Å²) in [5.41, 5.74) is 3.43. The molecule has 2 N–H and O–H groups in total. The standard InChI is InChI=1S/C23H22N4O2S/c28-22(13-20-23(29)26-17-8-1-2-9-19(17)30-20)24-16-7-5-6-15(12-16)18-14-27-11-4-3-10-21(27)25-18/h1-2,5-9,12,14,20H,3-4,10-11,13H2,(H,24,28)(H,26,29). The van der Waals surface area contributed by atoms with Crippen LogP contribution in [0.2, 0.25) is 0 Å². The highest BCUT2D eigenvalue weighted by molar-refractivity contribution is 8.01. The van der Waals surface area contributed by atoms with Crippen molar-refractivity contribution < 1.29 is 9.59 Å². The quantitative estimate of drug-likeness (QED) is 0.661. The molecule has 1 atom stereocenters. The molecule has 1 unspecified atom stereocenters. The lowest BCUT2D eigenvalue weighted by molar-refractivity contribution is -0.120. The van der Waals surface area contributed by atoms with Crippen molar-refractivity contribution in [2.45, 2.75) is 42.4 Å². The van der Waals surface area contributed by atoms with Crippen molar-refractivity contribution in [3.05, 3.63) is 60.6 Å². The number of fused-ring (bicyclic) bond motifs is 2. The van der Waals surface area contributed by atoms with E-state index in [2.05, 4.69) is 21.4 Å². The minimum atomic E-state index is -0.442. The highest BCUT2D eigenvalue weighted by atomic mass is 32.2. The summed E-state index contributed by atoms with van der Waals surface area (Å²) in [6.45, 7) is 1.02. The third-order valence-electron chi connectivity index (χ3n) is 5.43. The molecule has 2 aromatic carbocycles. The number of aryl methyl sites for hydroxylation is 2. The summed E-state index contributed by atoms with van der Waals surface area (Å²) in [7, 11) is 0. The predicted molar refractivity (Wildman–Crippen MR) is 119 cm³/mol. The van der Waals surface area contributed by atoms with Gasteiger partial charge in [-0.1, -0.05) is 24.3 Å². The van der Waals surface area contributed by atoms with Crippen LogP contribution < -0.4 is 10.6 Å². The van der Waals surface area contributed by atoms with E-state index < -0.39 is 5.25 Å². The lowest BCUT2D eigenvalue weighted by Crippen LogP contribution is -2.32. The van der Waals surface area contributed by atoms with Crippen molar-refractivity contribution in [1.82, 2.24) is 9.55 Å². The fraction of sp³-hybridized carbons (Fsp3) is 0.261. The average molecular weight is 419 g/mol. The van der Waals surface area contributed by atoms with Crippen LogP contribution in [0.25, 0.3) is 11.3 Å². The van der Waals surface area contributed by atoms with E-state index in [-0.39, 0.29) is 18.2 Å². The van der Waals surface area contributed by atoms with Gasteiger partial charge in [0.2, 0.25) is 11.8 Å². The van der Waals surface area contributed by atoms with Crippen LogP contribution in [0.1, 0.15) is 25.1 Å². The normalized spacial score (nSPS) is 17.6. The average Bonchev–Trinajstić information content (AvgIpc) is 3.19. The zero-order valence-electron chi connectivity index (χ0n) is 16.4. The number of para-hydroxylation sites is 1. The van der Waals surface area contributed by atoms with E-state index in [1.54, 1.807) is 0 Å². The van der Waals surface area contributed by atoms with E-state index in [1.807, 2.05) is 48.5 Å². The minimum absolute atomic E-state index is 0.119. The van der Waals surface area contributed by atoms with E-state index in [9.17, 15) is 9.59 Å². The number of nitrogens with one attached hydrogen (secondary N) is 2. The monoisotopic (exact) mass is 418 g/mol. The molecule has 152 valence electrons. The Labute approximate surface area is 179 Å². The molecule has 7 heteroatoms. The summed E-state index contributed by atoms with van der Waals surface area (Å²) in [6, 6.07) is 15.4. The number of thioether (sulfide) groups is 1. The van der Waals surface area contributed by atoms with Gasteiger partial charge in [-0.05, 0) is 37.1 Å². The second kappa shape index (κ2) is 7.99. The van der Waals surface area contributed by atoms with Crippen LogP contribution in [-0.2, 0) is 22.6 Å². The van der Waals surface area contributed by atoms with Crippen molar-refractivity contribution in [3.8, 4) is 11.3 Å².